The molecular weight excluding hydrogens is 134 g/mol. The molecule has 1 nitrogen and oxygen atoms in total. The van der Waals surface area contributed by atoms with Crippen LogP contribution >= 0.6 is 0 Å². The number of rotatable bonds is 1. The Labute approximate surface area is 68.2 Å². The molecule has 11 heavy (non-hydrogen) atoms. The van der Waals surface area contributed by atoms with Gasteiger partial charge in [0.15, 0.2) is 0 Å². The van der Waals surface area contributed by atoms with Crippen LogP contribution in [0.5, 0.6) is 0 Å². The maximum absolute atomic E-state index is 3.40. The second kappa shape index (κ2) is 3.22. The van der Waals surface area contributed by atoms with Gasteiger partial charge in [0.1, 0.15) is 0 Å². The summed E-state index contributed by atoms with van der Waals surface area (Å²) in [5, 5.41) is 3.40. The molecule has 0 amide bonds. The van der Waals surface area contributed by atoms with Gasteiger partial charge in [-0.15, -0.1) is 0 Å². The van der Waals surface area contributed by atoms with Crippen LogP contribution in [0.15, 0.2) is 23.8 Å². The van der Waals surface area contributed by atoms with Crippen molar-refractivity contribution in [3.8, 4) is 0 Å². The third-order valence-corrected chi connectivity index (χ3v) is 2.63. The number of nitrogens with one attached hydrogen (secondary N) is 1. The first-order valence-corrected chi connectivity index (χ1v) is 4.53. The molecule has 1 heteroatoms. The van der Waals surface area contributed by atoms with Crippen LogP contribution in [0.25, 0.3) is 0 Å². The Morgan fingerprint density at radius 3 is 3.09 bits per heavy atom. The zero-order valence-corrected chi connectivity index (χ0v) is 6.84. The van der Waals surface area contributed by atoms with Crippen molar-refractivity contribution in [2.45, 2.75) is 19.3 Å². The predicted molar refractivity (Wildman–Crippen MR) is 47.4 cm³/mol. The molecule has 1 heterocycles. The summed E-state index contributed by atoms with van der Waals surface area (Å²) in [4.78, 5) is 0. The molecule has 0 aromatic rings. The molecule has 1 atom stereocenters. The van der Waals surface area contributed by atoms with Gasteiger partial charge in [-0.25, -0.2) is 0 Å². The summed E-state index contributed by atoms with van der Waals surface area (Å²) >= 11 is 0. The van der Waals surface area contributed by atoms with E-state index in [1.165, 1.54) is 32.4 Å². The average molecular weight is 149 g/mol. The van der Waals surface area contributed by atoms with Crippen LogP contribution in [0.1, 0.15) is 19.3 Å². The molecule has 1 N–H and O–H groups in total. The highest BCUT2D eigenvalue weighted by atomic mass is 14.9. The molecular formula is C10H15N. The minimum Gasteiger partial charge on any atom is -0.316 e. The van der Waals surface area contributed by atoms with Crippen LogP contribution in [0.2, 0.25) is 0 Å². The minimum atomic E-state index is 0.847. The smallest absolute Gasteiger partial charge is 0.00174 e. The highest BCUT2D eigenvalue weighted by Gasteiger charge is 2.18. The second-order valence-corrected chi connectivity index (χ2v) is 3.40. The molecule has 1 aliphatic heterocycles. The van der Waals surface area contributed by atoms with Crippen molar-refractivity contribution in [3.63, 3.8) is 0 Å². The van der Waals surface area contributed by atoms with Crippen LogP contribution in [-0.2, 0) is 0 Å². The lowest BCUT2D eigenvalue weighted by Gasteiger charge is -2.14. The van der Waals surface area contributed by atoms with Crippen molar-refractivity contribution < 1.29 is 0 Å². The first-order valence-electron chi connectivity index (χ1n) is 4.53. The molecule has 0 aromatic carbocycles. The molecule has 0 aromatic heterocycles. The lowest BCUT2D eigenvalue weighted by Crippen LogP contribution is -2.11. The molecule has 1 saturated heterocycles. The summed E-state index contributed by atoms with van der Waals surface area (Å²) in [7, 11) is 0. The molecule has 0 unspecified atom stereocenters. The quantitative estimate of drug-likeness (QED) is 0.600. The summed E-state index contributed by atoms with van der Waals surface area (Å²) in [5.74, 6) is 0.847. The first-order chi connectivity index (χ1) is 5.47. The topological polar surface area (TPSA) is 12.0 Å². The third-order valence-electron chi connectivity index (χ3n) is 2.63. The van der Waals surface area contributed by atoms with Gasteiger partial charge >= 0.3 is 0 Å². The van der Waals surface area contributed by atoms with E-state index in [9.17, 15) is 0 Å². The van der Waals surface area contributed by atoms with E-state index in [2.05, 4.69) is 23.5 Å². The summed E-state index contributed by atoms with van der Waals surface area (Å²) in [5.41, 5.74) is 1.66. The number of hydrogen-bond donors (Lipinski definition) is 1. The highest BCUT2D eigenvalue weighted by molar-refractivity contribution is 5.21. The van der Waals surface area contributed by atoms with Crippen molar-refractivity contribution >= 4 is 0 Å². The van der Waals surface area contributed by atoms with E-state index in [-0.39, 0.29) is 0 Å². The molecule has 0 spiro atoms. The lowest BCUT2D eigenvalue weighted by molar-refractivity contribution is 0.643. The molecule has 0 bridgehead atoms. The molecule has 2 rings (SSSR count). The standard InChI is InChI=1S/C10H15N/c1-2-4-9(5-3-1)10-6-7-11-8-10/h1-2,4,10-11H,3,5-8H2/t10-/m1/s1. The molecule has 60 valence electrons. The molecule has 2 aliphatic rings. The Morgan fingerprint density at radius 2 is 2.45 bits per heavy atom. The Morgan fingerprint density at radius 1 is 1.45 bits per heavy atom. The van der Waals surface area contributed by atoms with Crippen LogP contribution in [-0.4, -0.2) is 13.1 Å². The summed E-state index contributed by atoms with van der Waals surface area (Å²) in [6, 6.07) is 0. The maximum Gasteiger partial charge on any atom is 0.00174 e. The highest BCUT2D eigenvalue weighted by Crippen LogP contribution is 2.24. The minimum absolute atomic E-state index is 0.847. The normalized spacial score (nSPS) is 30.5. The van der Waals surface area contributed by atoms with Crippen molar-refractivity contribution in [2.75, 3.05) is 13.1 Å². The van der Waals surface area contributed by atoms with Gasteiger partial charge in [0, 0.05) is 6.54 Å². The van der Waals surface area contributed by atoms with Crippen LogP contribution in [0, 0.1) is 5.92 Å². The van der Waals surface area contributed by atoms with E-state index >= 15 is 0 Å². The van der Waals surface area contributed by atoms with Gasteiger partial charge in [-0.05, 0) is 31.7 Å². The van der Waals surface area contributed by atoms with E-state index in [0.717, 1.165) is 5.92 Å². The van der Waals surface area contributed by atoms with Gasteiger partial charge in [-0.1, -0.05) is 23.8 Å². The van der Waals surface area contributed by atoms with Crippen molar-refractivity contribution in [2.24, 2.45) is 5.92 Å². The van der Waals surface area contributed by atoms with Gasteiger partial charge in [-0.3, -0.25) is 0 Å². The van der Waals surface area contributed by atoms with Crippen molar-refractivity contribution in [3.05, 3.63) is 23.8 Å². The van der Waals surface area contributed by atoms with E-state index < -0.39 is 0 Å². The van der Waals surface area contributed by atoms with Gasteiger partial charge in [0.05, 0.1) is 0 Å². The first kappa shape index (κ1) is 7.11. The Hall–Kier alpha value is -0.560. The van der Waals surface area contributed by atoms with Gasteiger partial charge in [-0.2, -0.15) is 0 Å². The van der Waals surface area contributed by atoms with Crippen molar-refractivity contribution in [1.29, 1.82) is 0 Å². The summed E-state index contributed by atoms with van der Waals surface area (Å²) in [6.07, 6.45) is 10.7. The Bertz CT molecular complexity index is 185. The van der Waals surface area contributed by atoms with E-state index in [1.807, 2.05) is 0 Å². The van der Waals surface area contributed by atoms with E-state index in [0.29, 0.717) is 0 Å². The van der Waals surface area contributed by atoms with E-state index in [4.69, 9.17) is 0 Å². The van der Waals surface area contributed by atoms with E-state index in [1.54, 1.807) is 5.57 Å². The average Bonchev–Trinajstić information content (AvgIpc) is 2.58. The number of allylic oxidation sites excluding steroid dienone is 3. The largest absolute Gasteiger partial charge is 0.316 e. The summed E-state index contributed by atoms with van der Waals surface area (Å²) in [6.45, 7) is 2.42. The zero-order chi connectivity index (χ0) is 7.52. The van der Waals surface area contributed by atoms with Crippen LogP contribution in [0.3, 0.4) is 0 Å². The summed E-state index contributed by atoms with van der Waals surface area (Å²) < 4.78 is 0. The Kier molecular flexibility index (Phi) is 2.08. The monoisotopic (exact) mass is 149 g/mol. The molecule has 0 saturated carbocycles. The fourth-order valence-corrected chi connectivity index (χ4v) is 1.93. The lowest BCUT2D eigenvalue weighted by atomic mass is 9.91. The maximum atomic E-state index is 3.40. The van der Waals surface area contributed by atoms with Crippen molar-refractivity contribution in [1.82, 2.24) is 5.32 Å². The second-order valence-electron chi connectivity index (χ2n) is 3.40. The van der Waals surface area contributed by atoms with Gasteiger partial charge < -0.3 is 5.32 Å². The number of hydrogen-bond acceptors (Lipinski definition) is 1. The van der Waals surface area contributed by atoms with Gasteiger partial charge in [0.2, 0.25) is 0 Å². The fraction of sp³-hybridized carbons (Fsp3) is 0.600. The molecule has 1 aliphatic carbocycles. The molecule has 1 fully saturated rings. The fourth-order valence-electron chi connectivity index (χ4n) is 1.93. The van der Waals surface area contributed by atoms with Crippen LogP contribution < -0.4 is 5.32 Å². The molecule has 0 radical (unpaired) electrons. The predicted octanol–water partition coefficient (Wildman–Crippen LogP) is 1.87. The Balaban J connectivity index is 2.02. The van der Waals surface area contributed by atoms with Crippen LogP contribution in [0.4, 0.5) is 0 Å². The third kappa shape index (κ3) is 1.54. The van der Waals surface area contributed by atoms with Gasteiger partial charge in [0.25, 0.3) is 0 Å². The zero-order valence-electron chi connectivity index (χ0n) is 6.84. The SMILES string of the molecule is C1=CCCC([C@@H]2CCNC2)=C1.